The predicted molar refractivity (Wildman–Crippen MR) is 130 cm³/mol. The lowest BCUT2D eigenvalue weighted by atomic mass is 10.0. The maximum Gasteiger partial charge on any atom is 0.310 e. The Kier molecular flexibility index (Phi) is 8.49. The quantitative estimate of drug-likeness (QED) is 0.158. The molecular formula is C25H28Cl3NO3. The topological polar surface area (TPSA) is 47.9 Å². The highest BCUT2D eigenvalue weighted by atomic mass is 35.5. The number of oxime groups is 1. The minimum Gasteiger partial charge on any atom is -0.461 e. The normalized spacial score (nSPS) is 20.7. The van der Waals surface area contributed by atoms with E-state index in [9.17, 15) is 4.79 Å². The molecule has 0 aliphatic heterocycles. The number of carbonyl (C=O) groups is 1. The first-order valence-corrected chi connectivity index (χ1v) is 11.9. The SMILES string of the molecule is CC(CC1C(C(=O)OCc2cccc(Cc3ccccc3)c2)C1(C)C)=NOC(Cl)C(Cl)Cl. The Balaban J connectivity index is 1.52. The number of benzene rings is 2. The van der Waals surface area contributed by atoms with Crippen molar-refractivity contribution in [2.45, 2.75) is 50.6 Å². The Labute approximate surface area is 204 Å². The number of ether oxygens (including phenoxy) is 1. The highest BCUT2D eigenvalue weighted by Gasteiger charge is 2.62. The van der Waals surface area contributed by atoms with Gasteiger partial charge in [0.05, 0.1) is 11.6 Å². The molecule has 0 heterocycles. The summed E-state index contributed by atoms with van der Waals surface area (Å²) >= 11 is 17.1. The Hall–Kier alpha value is -1.75. The summed E-state index contributed by atoms with van der Waals surface area (Å²) in [6.07, 6.45) is 1.45. The number of carbonyl (C=O) groups excluding carboxylic acids is 1. The van der Waals surface area contributed by atoms with Gasteiger partial charge in [-0.15, -0.1) is 0 Å². The molecular weight excluding hydrogens is 469 g/mol. The number of esters is 1. The molecule has 2 aromatic rings. The number of alkyl halides is 3. The third kappa shape index (κ3) is 6.63. The molecule has 3 rings (SSSR count). The van der Waals surface area contributed by atoms with Crippen LogP contribution in [0.4, 0.5) is 0 Å². The van der Waals surface area contributed by atoms with E-state index in [-0.39, 0.29) is 29.8 Å². The fourth-order valence-corrected chi connectivity index (χ4v) is 4.17. The zero-order chi connectivity index (χ0) is 23.3. The van der Waals surface area contributed by atoms with E-state index in [1.165, 1.54) is 11.1 Å². The first kappa shape index (κ1) is 24.9. The van der Waals surface area contributed by atoms with Crippen molar-refractivity contribution in [1.29, 1.82) is 0 Å². The van der Waals surface area contributed by atoms with Crippen LogP contribution >= 0.6 is 34.8 Å². The molecule has 0 aromatic heterocycles. The van der Waals surface area contributed by atoms with Crippen LogP contribution in [0.25, 0.3) is 0 Å². The van der Waals surface area contributed by atoms with E-state index in [1.54, 1.807) is 0 Å². The first-order chi connectivity index (χ1) is 15.2. The minimum absolute atomic E-state index is 0.128. The summed E-state index contributed by atoms with van der Waals surface area (Å²) in [5, 5.41) is 3.99. The average Bonchev–Trinajstić information content (AvgIpc) is 3.30. The summed E-state index contributed by atoms with van der Waals surface area (Å²) in [6, 6.07) is 18.5. The predicted octanol–water partition coefficient (Wildman–Crippen LogP) is 6.74. The van der Waals surface area contributed by atoms with Crippen LogP contribution in [0.15, 0.2) is 59.8 Å². The van der Waals surface area contributed by atoms with Crippen LogP contribution in [0.3, 0.4) is 0 Å². The molecule has 0 bridgehead atoms. The van der Waals surface area contributed by atoms with Crippen LogP contribution < -0.4 is 0 Å². The van der Waals surface area contributed by atoms with Gasteiger partial charge in [-0.1, -0.05) is 108 Å². The Morgan fingerprint density at radius 2 is 1.69 bits per heavy atom. The summed E-state index contributed by atoms with van der Waals surface area (Å²) in [5.74, 6) is -0.233. The zero-order valence-corrected chi connectivity index (χ0v) is 20.7. The fourth-order valence-electron chi connectivity index (χ4n) is 4.04. The van der Waals surface area contributed by atoms with Crippen molar-refractivity contribution in [3.05, 3.63) is 71.3 Å². The molecule has 2 aromatic carbocycles. The molecule has 0 radical (unpaired) electrons. The maximum absolute atomic E-state index is 12.8. The first-order valence-electron chi connectivity index (χ1n) is 10.6. The molecule has 0 N–H and O–H groups in total. The van der Waals surface area contributed by atoms with Gasteiger partial charge in [0.25, 0.3) is 0 Å². The monoisotopic (exact) mass is 495 g/mol. The Morgan fingerprint density at radius 3 is 2.38 bits per heavy atom. The lowest BCUT2D eigenvalue weighted by Gasteiger charge is -2.09. The van der Waals surface area contributed by atoms with E-state index < -0.39 is 10.4 Å². The second-order valence-electron chi connectivity index (χ2n) is 8.82. The van der Waals surface area contributed by atoms with E-state index in [0.29, 0.717) is 6.42 Å². The average molecular weight is 497 g/mol. The Bertz CT molecular complexity index is 946. The number of nitrogens with zero attached hydrogens (tertiary/aromatic N) is 1. The van der Waals surface area contributed by atoms with E-state index >= 15 is 0 Å². The van der Waals surface area contributed by atoms with Gasteiger partial charge in [0.15, 0.2) is 4.84 Å². The summed E-state index contributed by atoms with van der Waals surface area (Å²) in [5.41, 5.74) is 3.07. The van der Waals surface area contributed by atoms with Crippen LogP contribution in [0.1, 0.15) is 43.9 Å². The van der Waals surface area contributed by atoms with E-state index in [4.69, 9.17) is 44.4 Å². The smallest absolute Gasteiger partial charge is 0.310 e. The van der Waals surface area contributed by atoms with E-state index in [2.05, 4.69) is 43.3 Å². The highest BCUT2D eigenvalue weighted by molar-refractivity contribution is 6.48. The number of halogens is 3. The van der Waals surface area contributed by atoms with Gasteiger partial charge in [-0.3, -0.25) is 4.79 Å². The van der Waals surface area contributed by atoms with Gasteiger partial charge >= 0.3 is 5.97 Å². The van der Waals surface area contributed by atoms with Gasteiger partial charge in [-0.25, -0.2) is 0 Å². The standard InChI is InChI=1S/C25H28Cl3NO3/c1-16(29-32-23(28)22(26)27)12-20-21(25(20,2)3)24(30)31-15-19-11-7-10-18(14-19)13-17-8-5-4-6-9-17/h4-11,14,20-23H,12-13,15H2,1-3H3. The lowest BCUT2D eigenvalue weighted by Crippen LogP contribution is -2.12. The summed E-state index contributed by atoms with van der Waals surface area (Å²) in [6.45, 7) is 6.22. The summed E-state index contributed by atoms with van der Waals surface area (Å²) in [7, 11) is 0. The van der Waals surface area contributed by atoms with Crippen LogP contribution in [0.2, 0.25) is 0 Å². The molecule has 0 saturated heterocycles. The molecule has 0 spiro atoms. The Morgan fingerprint density at radius 1 is 1.03 bits per heavy atom. The highest BCUT2D eigenvalue weighted by Crippen LogP contribution is 2.60. The molecule has 1 saturated carbocycles. The van der Waals surface area contributed by atoms with Crippen LogP contribution in [0.5, 0.6) is 0 Å². The molecule has 4 nitrogen and oxygen atoms in total. The van der Waals surface area contributed by atoms with Gasteiger partial charge in [-0.05, 0) is 47.8 Å². The van der Waals surface area contributed by atoms with Crippen LogP contribution in [0, 0.1) is 17.3 Å². The molecule has 7 heteroatoms. The van der Waals surface area contributed by atoms with Crippen molar-refractivity contribution in [2.24, 2.45) is 22.4 Å². The molecule has 1 aliphatic carbocycles. The fraction of sp³-hybridized carbons (Fsp3) is 0.440. The minimum atomic E-state index is -0.918. The molecule has 32 heavy (non-hydrogen) atoms. The second-order valence-corrected chi connectivity index (χ2v) is 10.4. The zero-order valence-electron chi connectivity index (χ0n) is 18.4. The van der Waals surface area contributed by atoms with Crippen LogP contribution in [-0.4, -0.2) is 22.1 Å². The van der Waals surface area contributed by atoms with Gasteiger partial charge in [0.2, 0.25) is 5.56 Å². The van der Waals surface area contributed by atoms with Crippen molar-refractivity contribution < 1.29 is 14.4 Å². The molecule has 3 unspecified atom stereocenters. The molecule has 1 aliphatic rings. The third-order valence-electron chi connectivity index (χ3n) is 5.95. The van der Waals surface area contributed by atoms with Crippen LogP contribution in [-0.2, 0) is 27.4 Å². The van der Waals surface area contributed by atoms with Gasteiger partial charge in [0, 0.05) is 0 Å². The van der Waals surface area contributed by atoms with Gasteiger partial charge in [0.1, 0.15) is 6.61 Å². The van der Waals surface area contributed by atoms with Crippen molar-refractivity contribution in [3.8, 4) is 0 Å². The second kappa shape index (κ2) is 10.9. The van der Waals surface area contributed by atoms with E-state index in [1.807, 2.05) is 37.3 Å². The lowest BCUT2D eigenvalue weighted by molar-refractivity contribution is -0.147. The summed E-state index contributed by atoms with van der Waals surface area (Å²) < 4.78 is 5.67. The van der Waals surface area contributed by atoms with Crippen molar-refractivity contribution in [2.75, 3.05) is 0 Å². The van der Waals surface area contributed by atoms with Gasteiger partial charge in [-0.2, -0.15) is 0 Å². The molecule has 0 amide bonds. The van der Waals surface area contributed by atoms with Gasteiger partial charge < -0.3 is 9.57 Å². The van der Waals surface area contributed by atoms with E-state index in [0.717, 1.165) is 17.7 Å². The number of hydrogen-bond donors (Lipinski definition) is 0. The largest absolute Gasteiger partial charge is 0.461 e. The van der Waals surface area contributed by atoms with Crippen molar-refractivity contribution in [1.82, 2.24) is 0 Å². The van der Waals surface area contributed by atoms with Crippen molar-refractivity contribution >= 4 is 46.5 Å². The molecule has 3 atom stereocenters. The molecule has 1 fully saturated rings. The third-order valence-corrected chi connectivity index (χ3v) is 7.00. The summed E-state index contributed by atoms with van der Waals surface area (Å²) in [4.78, 5) is 17.0. The number of hydrogen-bond acceptors (Lipinski definition) is 4. The van der Waals surface area contributed by atoms with Crippen molar-refractivity contribution in [3.63, 3.8) is 0 Å². The molecule has 172 valence electrons. The maximum atomic E-state index is 12.8. The number of rotatable bonds is 10.